The van der Waals surface area contributed by atoms with Gasteiger partial charge in [0.2, 0.25) is 0 Å². The maximum Gasteiger partial charge on any atom is 0.122 e. The lowest BCUT2D eigenvalue weighted by Crippen LogP contribution is -2.05. The number of rotatable bonds is 5. The van der Waals surface area contributed by atoms with Crippen molar-refractivity contribution in [3.63, 3.8) is 0 Å². The van der Waals surface area contributed by atoms with Gasteiger partial charge in [-0.1, -0.05) is 12.1 Å². The number of hydrogen-bond donors (Lipinski definition) is 3. The molecule has 100 valence electrons. The number of nitrogens with one attached hydrogen (secondary N) is 1. The Morgan fingerprint density at radius 2 is 1.89 bits per heavy atom. The highest BCUT2D eigenvalue weighted by atomic mass is 16.5. The number of anilines is 2. The number of aromatic hydroxyl groups is 1. The molecule has 19 heavy (non-hydrogen) atoms. The van der Waals surface area contributed by atoms with Gasteiger partial charge < -0.3 is 20.9 Å². The van der Waals surface area contributed by atoms with E-state index in [4.69, 9.17) is 10.5 Å². The fourth-order valence-electron chi connectivity index (χ4n) is 1.86. The lowest BCUT2D eigenvalue weighted by molar-refractivity contribution is 0.415. The minimum Gasteiger partial charge on any atom is -0.508 e. The van der Waals surface area contributed by atoms with Crippen molar-refractivity contribution in [2.24, 2.45) is 0 Å². The molecule has 2 aromatic carbocycles. The van der Waals surface area contributed by atoms with Crippen LogP contribution in [0.4, 0.5) is 11.4 Å². The average Bonchev–Trinajstić information content (AvgIpc) is 2.40. The van der Waals surface area contributed by atoms with Crippen LogP contribution in [-0.2, 0) is 6.42 Å². The van der Waals surface area contributed by atoms with Crippen molar-refractivity contribution in [1.82, 2.24) is 0 Å². The van der Waals surface area contributed by atoms with Gasteiger partial charge >= 0.3 is 0 Å². The maximum absolute atomic E-state index is 9.20. The summed E-state index contributed by atoms with van der Waals surface area (Å²) in [4.78, 5) is 0. The predicted molar refractivity (Wildman–Crippen MR) is 77.7 cm³/mol. The van der Waals surface area contributed by atoms with Crippen LogP contribution in [0, 0.1) is 0 Å². The van der Waals surface area contributed by atoms with Crippen LogP contribution in [0.3, 0.4) is 0 Å². The number of phenolic OH excluding ortho intramolecular Hbond substituents is 1. The highest BCUT2D eigenvalue weighted by Crippen LogP contribution is 2.22. The smallest absolute Gasteiger partial charge is 0.122 e. The molecule has 4 N–H and O–H groups in total. The first-order valence-electron chi connectivity index (χ1n) is 6.14. The second kappa shape index (κ2) is 6.00. The third kappa shape index (κ3) is 3.81. The fourth-order valence-corrected chi connectivity index (χ4v) is 1.86. The molecule has 0 amide bonds. The largest absolute Gasteiger partial charge is 0.508 e. The molecule has 0 atom stereocenters. The van der Waals surface area contributed by atoms with Crippen molar-refractivity contribution in [3.8, 4) is 11.5 Å². The summed E-state index contributed by atoms with van der Waals surface area (Å²) >= 11 is 0. The first-order valence-corrected chi connectivity index (χ1v) is 6.14. The van der Waals surface area contributed by atoms with E-state index in [2.05, 4.69) is 5.32 Å². The SMILES string of the molecule is COc1cc(N)cc(NCCc2ccc(O)cc2)c1. The Balaban J connectivity index is 1.92. The molecule has 0 saturated heterocycles. The number of hydrogen-bond acceptors (Lipinski definition) is 4. The molecule has 2 aromatic rings. The number of methoxy groups -OCH3 is 1. The Morgan fingerprint density at radius 1 is 1.16 bits per heavy atom. The minimum absolute atomic E-state index is 0.289. The van der Waals surface area contributed by atoms with E-state index < -0.39 is 0 Å². The molecule has 2 rings (SSSR count). The zero-order valence-electron chi connectivity index (χ0n) is 10.9. The van der Waals surface area contributed by atoms with E-state index in [0.717, 1.165) is 24.4 Å². The Bertz CT molecular complexity index is 538. The molecule has 0 aliphatic heterocycles. The molecule has 0 aliphatic carbocycles. The normalized spacial score (nSPS) is 10.2. The lowest BCUT2D eigenvalue weighted by Gasteiger charge is -2.09. The Morgan fingerprint density at radius 3 is 2.58 bits per heavy atom. The summed E-state index contributed by atoms with van der Waals surface area (Å²) < 4.78 is 5.17. The minimum atomic E-state index is 0.289. The zero-order chi connectivity index (χ0) is 13.7. The highest BCUT2D eigenvalue weighted by molar-refractivity contribution is 5.59. The predicted octanol–water partition coefficient (Wildman–Crippen LogP) is 2.64. The molecular weight excluding hydrogens is 240 g/mol. The fraction of sp³-hybridized carbons (Fsp3) is 0.200. The molecule has 0 saturated carbocycles. The third-order valence-electron chi connectivity index (χ3n) is 2.84. The van der Waals surface area contributed by atoms with E-state index in [0.29, 0.717) is 5.69 Å². The lowest BCUT2D eigenvalue weighted by atomic mass is 10.1. The van der Waals surface area contributed by atoms with Gasteiger partial charge in [0, 0.05) is 30.1 Å². The zero-order valence-corrected chi connectivity index (χ0v) is 10.9. The second-order valence-corrected chi connectivity index (χ2v) is 4.34. The van der Waals surface area contributed by atoms with E-state index in [1.807, 2.05) is 24.3 Å². The van der Waals surface area contributed by atoms with Crippen LogP contribution in [0.5, 0.6) is 11.5 Å². The average molecular weight is 258 g/mol. The van der Waals surface area contributed by atoms with E-state index in [-0.39, 0.29) is 5.75 Å². The third-order valence-corrected chi connectivity index (χ3v) is 2.84. The van der Waals surface area contributed by atoms with Gasteiger partial charge in [-0.3, -0.25) is 0 Å². The summed E-state index contributed by atoms with van der Waals surface area (Å²) in [6.45, 7) is 0.789. The standard InChI is InChI=1S/C15H18N2O2/c1-19-15-9-12(16)8-13(10-15)17-7-6-11-2-4-14(18)5-3-11/h2-5,8-10,17-18H,6-7,16H2,1H3. The van der Waals surface area contributed by atoms with Crippen LogP contribution >= 0.6 is 0 Å². The summed E-state index contributed by atoms with van der Waals surface area (Å²) in [5.41, 5.74) is 8.57. The van der Waals surface area contributed by atoms with Crippen LogP contribution < -0.4 is 15.8 Å². The highest BCUT2D eigenvalue weighted by Gasteiger charge is 1.99. The van der Waals surface area contributed by atoms with Crippen molar-refractivity contribution in [3.05, 3.63) is 48.0 Å². The van der Waals surface area contributed by atoms with Gasteiger partial charge in [-0.2, -0.15) is 0 Å². The van der Waals surface area contributed by atoms with E-state index >= 15 is 0 Å². The first kappa shape index (κ1) is 13.1. The molecule has 0 radical (unpaired) electrons. The van der Waals surface area contributed by atoms with Crippen LogP contribution in [0.2, 0.25) is 0 Å². The van der Waals surface area contributed by atoms with Gasteiger partial charge in [0.05, 0.1) is 7.11 Å². The Labute approximate surface area is 112 Å². The van der Waals surface area contributed by atoms with E-state index in [1.54, 1.807) is 25.3 Å². The maximum atomic E-state index is 9.20. The van der Waals surface area contributed by atoms with Crippen molar-refractivity contribution in [1.29, 1.82) is 0 Å². The topological polar surface area (TPSA) is 67.5 Å². The summed E-state index contributed by atoms with van der Waals surface area (Å²) in [5.74, 6) is 1.03. The molecule has 0 unspecified atom stereocenters. The van der Waals surface area contributed by atoms with Crippen LogP contribution in [0.1, 0.15) is 5.56 Å². The van der Waals surface area contributed by atoms with Crippen molar-refractivity contribution < 1.29 is 9.84 Å². The Hall–Kier alpha value is -2.36. The van der Waals surface area contributed by atoms with Gasteiger partial charge in [0.25, 0.3) is 0 Å². The number of phenols is 1. The number of ether oxygens (including phenoxy) is 1. The monoisotopic (exact) mass is 258 g/mol. The van der Waals surface area contributed by atoms with Gasteiger partial charge in [-0.15, -0.1) is 0 Å². The summed E-state index contributed by atoms with van der Waals surface area (Å²) in [5, 5.41) is 12.5. The van der Waals surface area contributed by atoms with Gasteiger partial charge in [0.1, 0.15) is 11.5 Å². The molecule has 0 spiro atoms. The molecule has 0 aliphatic rings. The van der Waals surface area contributed by atoms with Crippen molar-refractivity contribution in [2.75, 3.05) is 24.7 Å². The quantitative estimate of drug-likeness (QED) is 0.721. The van der Waals surface area contributed by atoms with Crippen LogP contribution in [0.15, 0.2) is 42.5 Å². The molecule has 0 aromatic heterocycles. The summed E-state index contributed by atoms with van der Waals surface area (Å²) in [7, 11) is 1.62. The first-order chi connectivity index (χ1) is 9.17. The molecule has 0 fully saturated rings. The molecule has 4 heteroatoms. The summed E-state index contributed by atoms with van der Waals surface area (Å²) in [6, 6.07) is 12.8. The number of benzene rings is 2. The van der Waals surface area contributed by atoms with Crippen molar-refractivity contribution in [2.45, 2.75) is 6.42 Å². The molecule has 0 heterocycles. The van der Waals surface area contributed by atoms with Gasteiger partial charge in [-0.25, -0.2) is 0 Å². The molecule has 4 nitrogen and oxygen atoms in total. The second-order valence-electron chi connectivity index (χ2n) is 4.34. The summed E-state index contributed by atoms with van der Waals surface area (Å²) in [6.07, 6.45) is 0.872. The number of nitrogens with two attached hydrogens (primary N) is 1. The van der Waals surface area contributed by atoms with E-state index in [9.17, 15) is 5.11 Å². The van der Waals surface area contributed by atoms with Gasteiger partial charge in [0.15, 0.2) is 0 Å². The van der Waals surface area contributed by atoms with E-state index in [1.165, 1.54) is 5.56 Å². The molecule has 0 bridgehead atoms. The molecular formula is C15H18N2O2. The Kier molecular flexibility index (Phi) is 4.13. The van der Waals surface area contributed by atoms with Crippen LogP contribution in [0.25, 0.3) is 0 Å². The van der Waals surface area contributed by atoms with Crippen LogP contribution in [-0.4, -0.2) is 18.8 Å². The number of nitrogen functional groups attached to an aromatic ring is 1. The van der Waals surface area contributed by atoms with Crippen molar-refractivity contribution >= 4 is 11.4 Å². The van der Waals surface area contributed by atoms with Gasteiger partial charge in [-0.05, 0) is 30.2 Å².